The monoisotopic (exact) mass is 331 g/mol. The second kappa shape index (κ2) is 7.30. The Morgan fingerprint density at radius 1 is 1.26 bits per heavy atom. The first-order valence-electron chi connectivity index (χ1n) is 7.09. The van der Waals surface area contributed by atoms with Crippen LogP contribution < -0.4 is 5.84 Å². The topological polar surface area (TPSA) is 92.0 Å². The number of aromatic nitrogens is 4. The summed E-state index contributed by atoms with van der Waals surface area (Å²) in [5.41, 5.74) is 1.00. The average molecular weight is 331 g/mol. The standard InChI is InChI=1S/C15H17N5O2S/c1-21-8-7-13-18-19-15(20(13)16)23-10-14-17-9-12(22-14)11-5-3-2-4-6-11/h2-6,9H,7-8,10,16H2,1H3. The fourth-order valence-corrected chi connectivity index (χ4v) is 2.74. The summed E-state index contributed by atoms with van der Waals surface area (Å²) in [6.07, 6.45) is 2.35. The van der Waals surface area contributed by atoms with Gasteiger partial charge in [-0.2, -0.15) is 0 Å². The number of nitrogens with zero attached hydrogens (tertiary/aromatic N) is 4. The lowest BCUT2D eigenvalue weighted by molar-refractivity contribution is 0.200. The number of ether oxygens (including phenoxy) is 1. The van der Waals surface area contributed by atoms with Crippen LogP contribution in [0.15, 0.2) is 46.1 Å². The van der Waals surface area contributed by atoms with Gasteiger partial charge in [0.2, 0.25) is 11.0 Å². The van der Waals surface area contributed by atoms with Gasteiger partial charge in [-0.3, -0.25) is 0 Å². The summed E-state index contributed by atoms with van der Waals surface area (Å²) in [5.74, 6) is 8.56. The molecule has 0 saturated heterocycles. The van der Waals surface area contributed by atoms with Gasteiger partial charge in [-0.1, -0.05) is 42.1 Å². The highest BCUT2D eigenvalue weighted by Gasteiger charge is 2.12. The molecule has 2 N–H and O–H groups in total. The molecule has 23 heavy (non-hydrogen) atoms. The highest BCUT2D eigenvalue weighted by molar-refractivity contribution is 7.98. The maximum Gasteiger partial charge on any atom is 0.210 e. The lowest BCUT2D eigenvalue weighted by Crippen LogP contribution is -2.15. The summed E-state index contributed by atoms with van der Waals surface area (Å²) in [4.78, 5) is 4.29. The zero-order valence-corrected chi connectivity index (χ0v) is 13.5. The zero-order chi connectivity index (χ0) is 16.1. The molecular formula is C15H17N5O2S. The molecule has 0 unspecified atom stereocenters. The van der Waals surface area contributed by atoms with Crippen molar-refractivity contribution in [1.82, 2.24) is 19.9 Å². The van der Waals surface area contributed by atoms with Gasteiger partial charge < -0.3 is 15.0 Å². The van der Waals surface area contributed by atoms with Crippen LogP contribution in [0.5, 0.6) is 0 Å². The van der Waals surface area contributed by atoms with E-state index < -0.39 is 0 Å². The molecule has 0 bridgehead atoms. The van der Waals surface area contributed by atoms with Crippen molar-refractivity contribution in [2.45, 2.75) is 17.3 Å². The summed E-state index contributed by atoms with van der Waals surface area (Å²) >= 11 is 1.43. The Hall–Kier alpha value is -2.32. The van der Waals surface area contributed by atoms with Crippen molar-refractivity contribution >= 4 is 11.8 Å². The number of methoxy groups -OCH3 is 1. The van der Waals surface area contributed by atoms with Gasteiger partial charge >= 0.3 is 0 Å². The summed E-state index contributed by atoms with van der Waals surface area (Å²) < 4.78 is 12.2. The molecule has 0 fully saturated rings. The van der Waals surface area contributed by atoms with Gasteiger partial charge in [-0.25, -0.2) is 9.66 Å². The molecular weight excluding hydrogens is 314 g/mol. The van der Waals surface area contributed by atoms with E-state index in [2.05, 4.69) is 15.2 Å². The molecule has 0 saturated carbocycles. The summed E-state index contributed by atoms with van der Waals surface area (Å²) in [5, 5.41) is 8.75. The average Bonchev–Trinajstić information content (AvgIpc) is 3.19. The third-order valence-electron chi connectivity index (χ3n) is 3.20. The minimum Gasteiger partial charge on any atom is -0.440 e. The summed E-state index contributed by atoms with van der Waals surface area (Å²) in [6.45, 7) is 0.556. The van der Waals surface area contributed by atoms with Gasteiger partial charge in [0.1, 0.15) is 0 Å². The van der Waals surface area contributed by atoms with E-state index in [4.69, 9.17) is 15.0 Å². The van der Waals surface area contributed by atoms with Crippen molar-refractivity contribution in [2.24, 2.45) is 0 Å². The zero-order valence-electron chi connectivity index (χ0n) is 12.7. The van der Waals surface area contributed by atoms with E-state index in [-0.39, 0.29) is 0 Å². The van der Waals surface area contributed by atoms with Gasteiger partial charge in [0, 0.05) is 19.1 Å². The minimum atomic E-state index is 0.534. The molecule has 0 spiro atoms. The maximum atomic E-state index is 5.97. The van der Waals surface area contributed by atoms with Crippen molar-refractivity contribution in [3.8, 4) is 11.3 Å². The first-order valence-corrected chi connectivity index (χ1v) is 8.07. The number of nitrogens with two attached hydrogens (primary N) is 1. The smallest absolute Gasteiger partial charge is 0.210 e. The van der Waals surface area contributed by atoms with E-state index >= 15 is 0 Å². The lowest BCUT2D eigenvalue weighted by Gasteiger charge is -2.02. The van der Waals surface area contributed by atoms with Crippen LogP contribution in [0.1, 0.15) is 11.7 Å². The Morgan fingerprint density at radius 3 is 2.87 bits per heavy atom. The Kier molecular flexibility index (Phi) is 4.94. The SMILES string of the molecule is COCCc1nnc(SCc2ncc(-c3ccccc3)o2)n1N. The molecule has 2 heterocycles. The molecule has 3 rings (SSSR count). The number of oxazole rings is 1. The van der Waals surface area contributed by atoms with Crippen LogP contribution >= 0.6 is 11.8 Å². The van der Waals surface area contributed by atoms with Crippen molar-refractivity contribution in [2.75, 3.05) is 19.6 Å². The second-order valence-corrected chi connectivity index (χ2v) is 5.73. The fraction of sp³-hybridized carbons (Fsp3) is 0.267. The van der Waals surface area contributed by atoms with Crippen molar-refractivity contribution in [1.29, 1.82) is 0 Å². The van der Waals surface area contributed by atoms with E-state index in [1.165, 1.54) is 16.4 Å². The Morgan fingerprint density at radius 2 is 2.09 bits per heavy atom. The number of nitrogen functional groups attached to an aromatic ring is 1. The predicted octanol–water partition coefficient (Wildman–Crippen LogP) is 2.13. The Balaban J connectivity index is 1.63. The van der Waals surface area contributed by atoms with Crippen molar-refractivity contribution in [3.63, 3.8) is 0 Å². The van der Waals surface area contributed by atoms with Gasteiger partial charge in [0.05, 0.1) is 18.6 Å². The van der Waals surface area contributed by atoms with Crippen LogP contribution in [0.2, 0.25) is 0 Å². The molecule has 3 aromatic rings. The van der Waals surface area contributed by atoms with Gasteiger partial charge in [-0.05, 0) is 0 Å². The van der Waals surface area contributed by atoms with Crippen molar-refractivity contribution < 1.29 is 9.15 Å². The van der Waals surface area contributed by atoms with Crippen LogP contribution in [0.25, 0.3) is 11.3 Å². The predicted molar refractivity (Wildman–Crippen MR) is 87.3 cm³/mol. The molecule has 8 heteroatoms. The largest absolute Gasteiger partial charge is 0.440 e. The fourth-order valence-electron chi connectivity index (χ4n) is 2.01. The third-order valence-corrected chi connectivity index (χ3v) is 4.13. The van der Waals surface area contributed by atoms with Gasteiger partial charge in [0.25, 0.3) is 0 Å². The van der Waals surface area contributed by atoms with Crippen molar-refractivity contribution in [3.05, 3.63) is 48.2 Å². The molecule has 0 aliphatic carbocycles. The number of thioether (sulfide) groups is 1. The second-order valence-electron chi connectivity index (χ2n) is 4.78. The molecule has 0 aliphatic heterocycles. The highest BCUT2D eigenvalue weighted by Crippen LogP contribution is 2.24. The summed E-state index contributed by atoms with van der Waals surface area (Å²) in [6, 6.07) is 9.85. The molecule has 2 aromatic heterocycles. The molecule has 0 amide bonds. The quantitative estimate of drug-likeness (QED) is 0.523. The molecule has 7 nitrogen and oxygen atoms in total. The van der Waals surface area contributed by atoms with Gasteiger partial charge in [0.15, 0.2) is 11.6 Å². The number of benzene rings is 1. The Bertz CT molecular complexity index is 756. The van der Waals surface area contributed by atoms with Crippen LogP contribution in [-0.2, 0) is 16.9 Å². The normalized spacial score (nSPS) is 11.0. The van der Waals surface area contributed by atoms with Crippen LogP contribution in [0.4, 0.5) is 0 Å². The first-order chi connectivity index (χ1) is 11.3. The molecule has 0 atom stereocenters. The Labute approximate surface area is 137 Å². The van der Waals surface area contributed by atoms with Gasteiger partial charge in [-0.15, -0.1) is 10.2 Å². The number of hydrogen-bond acceptors (Lipinski definition) is 7. The van der Waals surface area contributed by atoms with Crippen LogP contribution in [-0.4, -0.2) is 33.6 Å². The number of rotatable bonds is 7. The van der Waals surface area contributed by atoms with E-state index in [1.807, 2.05) is 30.3 Å². The highest BCUT2D eigenvalue weighted by atomic mass is 32.2. The third kappa shape index (κ3) is 3.72. The molecule has 120 valence electrons. The minimum absolute atomic E-state index is 0.534. The maximum absolute atomic E-state index is 5.97. The number of hydrogen-bond donors (Lipinski definition) is 1. The lowest BCUT2D eigenvalue weighted by atomic mass is 10.2. The van der Waals surface area contributed by atoms with E-state index in [0.29, 0.717) is 35.7 Å². The van der Waals surface area contributed by atoms with Crippen LogP contribution in [0.3, 0.4) is 0 Å². The van der Waals surface area contributed by atoms with E-state index in [0.717, 1.165) is 11.3 Å². The molecule has 0 aliphatic rings. The van der Waals surface area contributed by atoms with E-state index in [1.54, 1.807) is 13.3 Å². The van der Waals surface area contributed by atoms with E-state index in [9.17, 15) is 0 Å². The van der Waals surface area contributed by atoms with Crippen LogP contribution in [0, 0.1) is 0 Å². The molecule has 0 radical (unpaired) electrons. The first kappa shape index (κ1) is 15.6. The molecule has 1 aromatic carbocycles. The summed E-state index contributed by atoms with van der Waals surface area (Å²) in [7, 11) is 1.64.